The van der Waals surface area contributed by atoms with Gasteiger partial charge in [0.1, 0.15) is 11.5 Å². The van der Waals surface area contributed by atoms with E-state index in [1.165, 1.54) is 21.3 Å². The van der Waals surface area contributed by atoms with Crippen molar-refractivity contribution in [3.8, 4) is 11.5 Å². The molecule has 9 heteroatoms. The maximum atomic E-state index is 12.9. The molecule has 1 unspecified atom stereocenters. The van der Waals surface area contributed by atoms with Crippen LogP contribution in [0.15, 0.2) is 42.5 Å². The Morgan fingerprint density at radius 1 is 0.969 bits per heavy atom. The second-order valence-corrected chi connectivity index (χ2v) is 7.11. The number of ether oxygens (including phenoxy) is 4. The summed E-state index contributed by atoms with van der Waals surface area (Å²) >= 11 is 0. The third-order valence-electron chi connectivity index (χ3n) is 5.31. The van der Waals surface area contributed by atoms with E-state index in [1.54, 1.807) is 25.3 Å². The van der Waals surface area contributed by atoms with Crippen LogP contribution in [0.3, 0.4) is 0 Å². The highest BCUT2D eigenvalue weighted by Crippen LogP contribution is 2.35. The van der Waals surface area contributed by atoms with E-state index in [0.29, 0.717) is 39.7 Å². The number of methoxy groups -OCH3 is 4. The summed E-state index contributed by atoms with van der Waals surface area (Å²) in [6.07, 6.45) is -0.717. The highest BCUT2D eigenvalue weighted by atomic mass is 16.9. The summed E-state index contributed by atoms with van der Waals surface area (Å²) in [5, 5.41) is 12.9. The van der Waals surface area contributed by atoms with E-state index in [4.69, 9.17) is 23.8 Å². The van der Waals surface area contributed by atoms with Crippen LogP contribution in [0, 0.1) is 11.1 Å². The van der Waals surface area contributed by atoms with Gasteiger partial charge in [-0.1, -0.05) is 12.1 Å². The molecule has 1 atom stereocenters. The molecule has 0 saturated carbocycles. The number of carbonyl (C=O) groups is 2. The van der Waals surface area contributed by atoms with Crippen LogP contribution in [0.25, 0.3) is 0 Å². The largest absolute Gasteiger partial charge is 0.497 e. The van der Waals surface area contributed by atoms with Gasteiger partial charge in [0.15, 0.2) is 5.92 Å². The van der Waals surface area contributed by atoms with Gasteiger partial charge in [-0.15, -0.1) is 0 Å². The van der Waals surface area contributed by atoms with E-state index in [-0.39, 0.29) is 6.42 Å². The Hall–Kier alpha value is -3.75. The van der Waals surface area contributed by atoms with Gasteiger partial charge in [-0.05, 0) is 47.9 Å². The summed E-state index contributed by atoms with van der Waals surface area (Å²) in [5.41, 5.74) is 2.53. The SMILES string of the molecule is COC(=O)C(CC1O[N+]([O-])=C(Cc2ccc(OC)cc2)c2ccc(OC)cc21)C(=O)OC. The maximum Gasteiger partial charge on any atom is 0.320 e. The van der Waals surface area contributed by atoms with Gasteiger partial charge in [0.25, 0.3) is 5.71 Å². The zero-order chi connectivity index (χ0) is 23.3. The standard InChI is InChI=1S/C23H25NO8/c1-28-15-7-5-14(6-8-15)11-20-17-10-9-16(29-2)12-18(17)21(32-24(20)27)13-19(22(25)30-3)23(26)31-4/h5-10,12,19,21H,11,13H2,1-4H3. The second kappa shape index (κ2) is 10.0. The van der Waals surface area contributed by atoms with E-state index < -0.39 is 24.0 Å². The molecule has 0 aromatic heterocycles. The lowest BCUT2D eigenvalue weighted by Gasteiger charge is -2.29. The molecule has 0 saturated heterocycles. The Labute approximate surface area is 185 Å². The van der Waals surface area contributed by atoms with Gasteiger partial charge in [0.05, 0.1) is 46.5 Å². The molecular weight excluding hydrogens is 418 g/mol. The van der Waals surface area contributed by atoms with Crippen molar-refractivity contribution in [2.24, 2.45) is 5.92 Å². The average Bonchev–Trinajstić information content (AvgIpc) is 2.83. The van der Waals surface area contributed by atoms with E-state index in [9.17, 15) is 14.8 Å². The minimum Gasteiger partial charge on any atom is -0.497 e. The van der Waals surface area contributed by atoms with E-state index in [2.05, 4.69) is 0 Å². The monoisotopic (exact) mass is 443 g/mol. The van der Waals surface area contributed by atoms with Gasteiger partial charge in [0.2, 0.25) is 0 Å². The summed E-state index contributed by atoms with van der Waals surface area (Å²) in [4.78, 5) is 30.3. The first-order valence-corrected chi connectivity index (χ1v) is 9.88. The fraction of sp³-hybridized carbons (Fsp3) is 0.348. The third kappa shape index (κ3) is 4.77. The summed E-state index contributed by atoms with van der Waals surface area (Å²) < 4.78 is 20.0. The van der Waals surface area contributed by atoms with Crippen LogP contribution in [0.1, 0.15) is 29.2 Å². The normalized spacial score (nSPS) is 15.0. The zero-order valence-corrected chi connectivity index (χ0v) is 18.3. The molecule has 9 nitrogen and oxygen atoms in total. The summed E-state index contributed by atoms with van der Waals surface area (Å²) in [5.74, 6) is -1.52. The molecule has 0 amide bonds. The van der Waals surface area contributed by atoms with Crippen LogP contribution >= 0.6 is 0 Å². The quantitative estimate of drug-likeness (QED) is 0.348. The number of esters is 2. The lowest BCUT2D eigenvalue weighted by molar-refractivity contribution is -0.758. The molecule has 0 fully saturated rings. The van der Waals surface area contributed by atoms with Crippen molar-refractivity contribution < 1.29 is 38.3 Å². The number of benzene rings is 2. The molecule has 2 aromatic carbocycles. The molecule has 170 valence electrons. The topological polar surface area (TPSA) is 106 Å². The van der Waals surface area contributed by atoms with Crippen LogP contribution in [-0.2, 0) is 30.3 Å². The molecule has 0 N–H and O–H groups in total. The van der Waals surface area contributed by atoms with Crippen LogP contribution in [0.4, 0.5) is 0 Å². The highest BCUT2D eigenvalue weighted by Gasteiger charge is 2.37. The second-order valence-electron chi connectivity index (χ2n) is 7.11. The van der Waals surface area contributed by atoms with Gasteiger partial charge in [0, 0.05) is 4.90 Å². The van der Waals surface area contributed by atoms with Crippen molar-refractivity contribution in [1.29, 1.82) is 0 Å². The van der Waals surface area contributed by atoms with Crippen molar-refractivity contribution in [1.82, 2.24) is 0 Å². The number of carbonyl (C=O) groups excluding carboxylic acids is 2. The van der Waals surface area contributed by atoms with Crippen molar-refractivity contribution >= 4 is 17.7 Å². The Balaban J connectivity index is 1.98. The van der Waals surface area contributed by atoms with Gasteiger partial charge >= 0.3 is 11.9 Å². The predicted octanol–water partition coefficient (Wildman–Crippen LogP) is 2.58. The first kappa shape index (κ1) is 22.9. The van der Waals surface area contributed by atoms with Gasteiger partial charge in [-0.3, -0.25) is 14.8 Å². The Bertz CT molecular complexity index is 999. The summed E-state index contributed by atoms with van der Waals surface area (Å²) in [7, 11) is 5.46. The molecular formula is C23H25NO8. The fourth-order valence-electron chi connectivity index (χ4n) is 3.59. The molecule has 0 aliphatic carbocycles. The first-order chi connectivity index (χ1) is 15.4. The van der Waals surface area contributed by atoms with Gasteiger partial charge < -0.3 is 23.8 Å². The number of hydrogen-bond donors (Lipinski definition) is 0. The number of rotatable bonds is 8. The molecule has 1 aliphatic rings. The zero-order valence-electron chi connectivity index (χ0n) is 18.3. The summed E-state index contributed by atoms with van der Waals surface area (Å²) in [6, 6.07) is 12.6. The van der Waals surface area contributed by atoms with Gasteiger partial charge in [-0.25, -0.2) is 0 Å². The minimum absolute atomic E-state index is 0.131. The average molecular weight is 443 g/mol. The molecule has 32 heavy (non-hydrogen) atoms. The predicted molar refractivity (Wildman–Crippen MR) is 113 cm³/mol. The molecule has 3 rings (SSSR count). The Morgan fingerprint density at radius 3 is 2.12 bits per heavy atom. The van der Waals surface area contributed by atoms with Crippen LogP contribution in [-0.4, -0.2) is 51.0 Å². The van der Waals surface area contributed by atoms with Crippen LogP contribution < -0.4 is 9.47 Å². The first-order valence-electron chi connectivity index (χ1n) is 9.88. The molecule has 1 heterocycles. The van der Waals surface area contributed by atoms with Gasteiger partial charge in [-0.2, -0.15) is 0 Å². The number of nitrogens with zero attached hydrogens (tertiary/aromatic N) is 1. The number of hydrogen-bond acceptors (Lipinski definition) is 8. The number of fused-ring (bicyclic) bond motifs is 1. The Kier molecular flexibility index (Phi) is 7.19. The lowest BCUT2D eigenvalue weighted by Crippen LogP contribution is -2.34. The van der Waals surface area contributed by atoms with Crippen LogP contribution in [0.5, 0.6) is 11.5 Å². The highest BCUT2D eigenvalue weighted by molar-refractivity contribution is 6.00. The van der Waals surface area contributed by atoms with E-state index >= 15 is 0 Å². The molecule has 2 aromatic rings. The molecule has 0 spiro atoms. The third-order valence-corrected chi connectivity index (χ3v) is 5.31. The maximum absolute atomic E-state index is 12.9. The van der Waals surface area contributed by atoms with Crippen molar-refractivity contribution in [2.45, 2.75) is 18.9 Å². The Morgan fingerprint density at radius 2 is 1.56 bits per heavy atom. The van der Waals surface area contributed by atoms with E-state index in [0.717, 1.165) is 5.56 Å². The van der Waals surface area contributed by atoms with Crippen molar-refractivity contribution in [3.63, 3.8) is 0 Å². The molecule has 0 bridgehead atoms. The van der Waals surface area contributed by atoms with Crippen LogP contribution in [0.2, 0.25) is 0 Å². The minimum atomic E-state index is -1.24. The van der Waals surface area contributed by atoms with Crippen molar-refractivity contribution in [2.75, 3.05) is 28.4 Å². The lowest BCUT2D eigenvalue weighted by atomic mass is 9.89. The summed E-state index contributed by atoms with van der Waals surface area (Å²) in [6.45, 7) is 0. The van der Waals surface area contributed by atoms with Crippen molar-refractivity contribution in [3.05, 3.63) is 64.4 Å². The molecule has 0 radical (unpaired) electrons. The molecule has 1 aliphatic heterocycles. The smallest absolute Gasteiger partial charge is 0.320 e. The van der Waals surface area contributed by atoms with E-state index in [1.807, 2.05) is 24.3 Å². The fourth-order valence-corrected chi connectivity index (χ4v) is 3.59.